The largest absolute Gasteiger partial charge is 0.450 e. The van der Waals surface area contributed by atoms with Crippen molar-refractivity contribution in [2.45, 2.75) is 38.3 Å². The van der Waals surface area contributed by atoms with Crippen molar-refractivity contribution in [3.05, 3.63) is 0 Å². The highest BCUT2D eigenvalue weighted by molar-refractivity contribution is 5.67. The molecule has 0 heterocycles. The third kappa shape index (κ3) is 3.22. The Hall–Kier alpha value is -0.770. The van der Waals surface area contributed by atoms with Crippen LogP contribution in [0.5, 0.6) is 0 Å². The van der Waals surface area contributed by atoms with E-state index in [1.165, 1.54) is 0 Å². The average Bonchev–Trinajstić information content (AvgIpc) is 2.52. The molecule has 1 aliphatic rings. The summed E-state index contributed by atoms with van der Waals surface area (Å²) in [6, 6.07) is 0.226. The molecule has 0 spiro atoms. The molecule has 1 saturated carbocycles. The molecular weight excluding hydrogens is 170 g/mol. The standard InChI is InChI=1S/C9H17NO3/c1-3-13-9(11)10-7-4-5-8(6-7)12-2/h7-8H,3-6H2,1-2H3,(H,10,11). The van der Waals surface area contributed by atoms with Crippen LogP contribution >= 0.6 is 0 Å². The van der Waals surface area contributed by atoms with Crippen LogP contribution in [-0.4, -0.2) is 32.0 Å². The van der Waals surface area contributed by atoms with Crippen molar-refractivity contribution in [3.8, 4) is 0 Å². The molecule has 0 aromatic carbocycles. The van der Waals surface area contributed by atoms with Gasteiger partial charge in [0.05, 0.1) is 12.7 Å². The van der Waals surface area contributed by atoms with E-state index in [1.807, 2.05) is 0 Å². The molecule has 76 valence electrons. The minimum atomic E-state index is -0.316. The van der Waals surface area contributed by atoms with E-state index < -0.39 is 0 Å². The van der Waals surface area contributed by atoms with Crippen LogP contribution in [0.4, 0.5) is 4.79 Å². The topological polar surface area (TPSA) is 47.6 Å². The zero-order chi connectivity index (χ0) is 9.68. The molecule has 1 fully saturated rings. The minimum absolute atomic E-state index is 0.226. The summed E-state index contributed by atoms with van der Waals surface area (Å²) in [7, 11) is 1.71. The van der Waals surface area contributed by atoms with Gasteiger partial charge in [-0.15, -0.1) is 0 Å². The van der Waals surface area contributed by atoms with Gasteiger partial charge in [0.2, 0.25) is 0 Å². The Morgan fingerprint density at radius 2 is 2.31 bits per heavy atom. The van der Waals surface area contributed by atoms with Crippen LogP contribution in [0, 0.1) is 0 Å². The predicted octanol–water partition coefficient (Wildman–Crippen LogP) is 1.30. The van der Waals surface area contributed by atoms with Crippen LogP contribution < -0.4 is 5.32 Å². The second-order valence-electron chi connectivity index (χ2n) is 3.23. The summed E-state index contributed by atoms with van der Waals surface area (Å²) in [6.07, 6.45) is 2.89. The first-order valence-corrected chi connectivity index (χ1v) is 4.72. The fourth-order valence-electron chi connectivity index (χ4n) is 1.62. The van der Waals surface area contributed by atoms with E-state index in [0.29, 0.717) is 12.7 Å². The Labute approximate surface area is 78.6 Å². The number of methoxy groups -OCH3 is 1. The number of nitrogens with one attached hydrogen (secondary N) is 1. The van der Waals surface area contributed by atoms with Gasteiger partial charge in [-0.2, -0.15) is 0 Å². The molecule has 1 amide bonds. The van der Waals surface area contributed by atoms with Gasteiger partial charge in [0.15, 0.2) is 0 Å². The van der Waals surface area contributed by atoms with Crippen molar-refractivity contribution >= 4 is 6.09 Å². The third-order valence-electron chi connectivity index (χ3n) is 2.32. The molecule has 0 aromatic heterocycles. The van der Waals surface area contributed by atoms with Gasteiger partial charge in [0, 0.05) is 13.2 Å². The predicted molar refractivity (Wildman–Crippen MR) is 48.6 cm³/mol. The summed E-state index contributed by atoms with van der Waals surface area (Å²) < 4.78 is 9.97. The lowest BCUT2D eigenvalue weighted by Gasteiger charge is -2.12. The quantitative estimate of drug-likeness (QED) is 0.724. The van der Waals surface area contributed by atoms with Crippen molar-refractivity contribution in [3.63, 3.8) is 0 Å². The van der Waals surface area contributed by atoms with Crippen molar-refractivity contribution in [2.75, 3.05) is 13.7 Å². The molecule has 0 radical (unpaired) electrons. The van der Waals surface area contributed by atoms with Gasteiger partial charge >= 0.3 is 6.09 Å². The molecule has 4 heteroatoms. The summed E-state index contributed by atoms with van der Waals surface area (Å²) in [5, 5.41) is 2.80. The number of ether oxygens (including phenoxy) is 2. The number of hydrogen-bond donors (Lipinski definition) is 1. The highest BCUT2D eigenvalue weighted by Gasteiger charge is 2.25. The van der Waals surface area contributed by atoms with Gasteiger partial charge in [-0.05, 0) is 26.2 Å². The fourth-order valence-corrected chi connectivity index (χ4v) is 1.62. The molecule has 13 heavy (non-hydrogen) atoms. The maximum Gasteiger partial charge on any atom is 0.407 e. The maximum atomic E-state index is 11.0. The van der Waals surface area contributed by atoms with Crippen molar-refractivity contribution < 1.29 is 14.3 Å². The Bertz CT molecular complexity index is 172. The molecular formula is C9H17NO3. The molecule has 0 aromatic rings. The molecule has 0 saturated heterocycles. The van der Waals surface area contributed by atoms with Gasteiger partial charge in [0.1, 0.15) is 0 Å². The lowest BCUT2D eigenvalue weighted by Crippen LogP contribution is -2.33. The SMILES string of the molecule is CCOC(=O)NC1CCC(OC)C1. The average molecular weight is 187 g/mol. The van der Waals surface area contributed by atoms with Crippen LogP contribution in [0.25, 0.3) is 0 Å². The second-order valence-corrected chi connectivity index (χ2v) is 3.23. The van der Waals surface area contributed by atoms with Crippen LogP contribution in [0.1, 0.15) is 26.2 Å². The summed E-state index contributed by atoms with van der Waals surface area (Å²) in [5.41, 5.74) is 0. The molecule has 2 atom stereocenters. The fraction of sp³-hybridized carbons (Fsp3) is 0.889. The Kier molecular flexibility index (Phi) is 4.02. The van der Waals surface area contributed by atoms with Gasteiger partial charge in [-0.1, -0.05) is 0 Å². The van der Waals surface area contributed by atoms with E-state index in [0.717, 1.165) is 19.3 Å². The van der Waals surface area contributed by atoms with E-state index in [4.69, 9.17) is 9.47 Å². The summed E-state index contributed by atoms with van der Waals surface area (Å²) in [6.45, 7) is 2.22. The van der Waals surface area contributed by atoms with Crippen molar-refractivity contribution in [2.24, 2.45) is 0 Å². The zero-order valence-electron chi connectivity index (χ0n) is 8.21. The molecule has 0 aliphatic heterocycles. The number of rotatable bonds is 3. The van der Waals surface area contributed by atoms with E-state index >= 15 is 0 Å². The van der Waals surface area contributed by atoms with E-state index in [-0.39, 0.29) is 12.1 Å². The minimum Gasteiger partial charge on any atom is -0.450 e. The van der Waals surface area contributed by atoms with Gasteiger partial charge in [0.25, 0.3) is 0 Å². The first-order chi connectivity index (χ1) is 6.26. The number of amides is 1. The van der Waals surface area contributed by atoms with Gasteiger partial charge < -0.3 is 14.8 Å². The third-order valence-corrected chi connectivity index (χ3v) is 2.32. The van der Waals surface area contributed by atoms with E-state index in [1.54, 1.807) is 14.0 Å². The van der Waals surface area contributed by atoms with Crippen molar-refractivity contribution in [1.82, 2.24) is 5.32 Å². The lowest BCUT2D eigenvalue weighted by atomic mass is 10.2. The number of alkyl carbamates (subject to hydrolysis) is 1. The normalized spacial score (nSPS) is 27.2. The Morgan fingerprint density at radius 3 is 2.85 bits per heavy atom. The summed E-state index contributed by atoms with van der Waals surface area (Å²) in [4.78, 5) is 11.0. The lowest BCUT2D eigenvalue weighted by molar-refractivity contribution is 0.105. The molecule has 1 N–H and O–H groups in total. The van der Waals surface area contributed by atoms with Crippen LogP contribution in [0.2, 0.25) is 0 Å². The number of carbonyl (C=O) groups is 1. The summed E-state index contributed by atoms with van der Waals surface area (Å²) >= 11 is 0. The Morgan fingerprint density at radius 1 is 1.54 bits per heavy atom. The molecule has 0 bridgehead atoms. The van der Waals surface area contributed by atoms with Crippen LogP contribution in [0.3, 0.4) is 0 Å². The molecule has 4 nitrogen and oxygen atoms in total. The van der Waals surface area contributed by atoms with Crippen LogP contribution in [0.15, 0.2) is 0 Å². The maximum absolute atomic E-state index is 11.0. The summed E-state index contributed by atoms with van der Waals surface area (Å²) in [5.74, 6) is 0. The molecule has 1 rings (SSSR count). The van der Waals surface area contributed by atoms with E-state index in [9.17, 15) is 4.79 Å². The Balaban J connectivity index is 2.19. The molecule has 2 unspecified atom stereocenters. The zero-order valence-corrected chi connectivity index (χ0v) is 8.21. The van der Waals surface area contributed by atoms with Gasteiger partial charge in [-0.25, -0.2) is 4.79 Å². The smallest absolute Gasteiger partial charge is 0.407 e. The first kappa shape index (κ1) is 10.3. The first-order valence-electron chi connectivity index (χ1n) is 4.72. The van der Waals surface area contributed by atoms with Crippen LogP contribution in [-0.2, 0) is 9.47 Å². The number of hydrogen-bond acceptors (Lipinski definition) is 3. The molecule has 1 aliphatic carbocycles. The van der Waals surface area contributed by atoms with Crippen molar-refractivity contribution in [1.29, 1.82) is 0 Å². The highest BCUT2D eigenvalue weighted by Crippen LogP contribution is 2.21. The monoisotopic (exact) mass is 187 g/mol. The number of carbonyl (C=O) groups excluding carboxylic acids is 1. The second kappa shape index (κ2) is 5.07. The van der Waals surface area contributed by atoms with Gasteiger partial charge in [-0.3, -0.25) is 0 Å². The van der Waals surface area contributed by atoms with E-state index in [2.05, 4.69) is 5.32 Å². The highest BCUT2D eigenvalue weighted by atomic mass is 16.5.